The number of aromatic nitrogens is 3. The number of carbonyl (C=O) groups is 1. The fourth-order valence-electron chi connectivity index (χ4n) is 3.45. The number of hydrogen-bond acceptors (Lipinski definition) is 9. The lowest BCUT2D eigenvalue weighted by Crippen LogP contribution is -2.58. The number of benzene rings is 2. The van der Waals surface area contributed by atoms with Crippen LogP contribution in [0.4, 0.5) is 10.1 Å². The molecule has 0 fully saturated rings. The van der Waals surface area contributed by atoms with Gasteiger partial charge in [-0.1, -0.05) is 28.9 Å². The normalized spacial score (nSPS) is 12.1. The second-order valence-corrected chi connectivity index (χ2v) is 8.80. The lowest BCUT2D eigenvalue weighted by atomic mass is 10.2. The average molecular weight is 563 g/mol. The van der Waals surface area contributed by atoms with Crippen LogP contribution in [0.5, 0.6) is 5.75 Å². The first-order valence-electron chi connectivity index (χ1n) is 11.8. The first-order chi connectivity index (χ1) is 18.5. The summed E-state index contributed by atoms with van der Waals surface area (Å²) in [6.45, 7) is 4.43. The van der Waals surface area contributed by atoms with E-state index in [9.17, 15) is 18.8 Å². The van der Waals surface area contributed by atoms with Gasteiger partial charge < -0.3 is 20.2 Å². The lowest BCUT2D eigenvalue weighted by Gasteiger charge is -2.15. The van der Waals surface area contributed by atoms with Crippen molar-refractivity contribution in [3.8, 4) is 5.75 Å². The molecule has 0 unspecified atom stereocenters. The summed E-state index contributed by atoms with van der Waals surface area (Å²) in [5.74, 6) is 4.54. The van der Waals surface area contributed by atoms with E-state index in [-0.39, 0.29) is 42.0 Å². The van der Waals surface area contributed by atoms with Gasteiger partial charge in [0.1, 0.15) is 7.11 Å². The summed E-state index contributed by atoms with van der Waals surface area (Å²) >= 11 is 5.99. The van der Waals surface area contributed by atoms with Crippen LogP contribution in [0.25, 0.3) is 0 Å². The van der Waals surface area contributed by atoms with Gasteiger partial charge in [-0.25, -0.2) is 28.3 Å². The van der Waals surface area contributed by atoms with Gasteiger partial charge in [0.15, 0.2) is 17.3 Å². The summed E-state index contributed by atoms with van der Waals surface area (Å²) < 4.78 is 27.4. The molecule has 0 aliphatic heterocycles. The molecule has 39 heavy (non-hydrogen) atoms. The highest BCUT2D eigenvalue weighted by molar-refractivity contribution is 6.36. The Labute approximate surface area is 227 Å². The van der Waals surface area contributed by atoms with E-state index < -0.39 is 29.7 Å². The number of ether oxygens (including phenoxy) is 2. The second kappa shape index (κ2) is 12.9. The zero-order valence-corrected chi connectivity index (χ0v) is 22.5. The Bertz CT molecular complexity index is 1560. The molecule has 2 aromatic carbocycles. The molecule has 1 aromatic heterocycles. The SMILES string of the molecule is CCOC(=O)/C(Cn1c(=O)n(N)/c(=N\c2ccc(OC(C)C)c(F)c2)n(Cc2ccc(Cl)cc2)c1=O)=N/OC. The Morgan fingerprint density at radius 2 is 1.79 bits per heavy atom. The molecule has 12 nitrogen and oxygen atoms in total. The van der Waals surface area contributed by atoms with Crippen LogP contribution < -0.4 is 27.6 Å². The maximum Gasteiger partial charge on any atom is 0.358 e. The predicted molar refractivity (Wildman–Crippen MR) is 142 cm³/mol. The molecule has 208 valence electrons. The van der Waals surface area contributed by atoms with Crippen molar-refractivity contribution in [3.63, 3.8) is 0 Å². The summed E-state index contributed by atoms with van der Waals surface area (Å²) in [6, 6.07) is 10.5. The van der Waals surface area contributed by atoms with Gasteiger partial charge >= 0.3 is 17.3 Å². The van der Waals surface area contributed by atoms with Gasteiger partial charge in [-0.3, -0.25) is 4.57 Å². The van der Waals surface area contributed by atoms with E-state index >= 15 is 0 Å². The fraction of sp³-hybridized carbons (Fsp3) is 0.320. The van der Waals surface area contributed by atoms with Gasteiger partial charge in [0.2, 0.25) is 5.62 Å². The van der Waals surface area contributed by atoms with Crippen LogP contribution in [0.2, 0.25) is 5.02 Å². The maximum absolute atomic E-state index is 14.6. The molecule has 3 aromatic rings. The molecule has 0 aliphatic carbocycles. The number of halogens is 2. The van der Waals surface area contributed by atoms with Gasteiger partial charge in [0.05, 0.1) is 31.5 Å². The van der Waals surface area contributed by atoms with Crippen molar-refractivity contribution in [3.05, 3.63) is 85.5 Å². The molecular weight excluding hydrogens is 535 g/mol. The number of nitrogens with zero attached hydrogens (tertiary/aromatic N) is 5. The quantitative estimate of drug-likeness (QED) is 0.172. The molecular formula is C25H28ClFN6O6. The number of nitrogens with two attached hydrogens (primary N) is 1. The number of esters is 1. The number of oxime groups is 1. The fourth-order valence-corrected chi connectivity index (χ4v) is 3.57. The predicted octanol–water partition coefficient (Wildman–Crippen LogP) is 1.95. The Morgan fingerprint density at radius 3 is 2.38 bits per heavy atom. The molecule has 0 aliphatic rings. The molecule has 2 N–H and O–H groups in total. The summed E-state index contributed by atoms with van der Waals surface area (Å²) in [6.07, 6.45) is -0.258. The van der Waals surface area contributed by atoms with Gasteiger partial charge in [-0.05, 0) is 50.6 Å². The second-order valence-electron chi connectivity index (χ2n) is 8.37. The van der Waals surface area contributed by atoms with Crippen molar-refractivity contribution in [2.24, 2.45) is 10.1 Å². The van der Waals surface area contributed by atoms with Crippen molar-refractivity contribution in [2.45, 2.75) is 40.0 Å². The maximum atomic E-state index is 14.6. The summed E-state index contributed by atoms with van der Waals surface area (Å²) in [5.41, 5.74) is -1.83. The van der Waals surface area contributed by atoms with Crippen molar-refractivity contribution in [1.29, 1.82) is 0 Å². The van der Waals surface area contributed by atoms with E-state index in [0.717, 1.165) is 10.6 Å². The van der Waals surface area contributed by atoms with Crippen LogP contribution in [-0.2, 0) is 27.5 Å². The van der Waals surface area contributed by atoms with Crippen LogP contribution in [0.1, 0.15) is 26.3 Å². The Kier molecular flexibility index (Phi) is 9.66. The Morgan fingerprint density at radius 1 is 1.10 bits per heavy atom. The zero-order chi connectivity index (χ0) is 28.7. The number of carbonyl (C=O) groups excluding carboxylic acids is 1. The van der Waals surface area contributed by atoms with E-state index in [0.29, 0.717) is 19.8 Å². The van der Waals surface area contributed by atoms with Crippen molar-refractivity contribution in [2.75, 3.05) is 19.6 Å². The van der Waals surface area contributed by atoms with E-state index in [2.05, 4.69) is 15.0 Å². The third-order valence-corrected chi connectivity index (χ3v) is 5.39. The van der Waals surface area contributed by atoms with Crippen LogP contribution in [0.15, 0.2) is 62.2 Å². The van der Waals surface area contributed by atoms with E-state index in [1.165, 1.54) is 19.2 Å². The molecule has 1 heterocycles. The minimum absolute atomic E-state index is 0.0162. The highest BCUT2D eigenvalue weighted by Gasteiger charge is 2.21. The smallest absolute Gasteiger partial charge is 0.358 e. The van der Waals surface area contributed by atoms with Crippen LogP contribution >= 0.6 is 11.6 Å². The molecule has 0 saturated carbocycles. The minimum atomic E-state index is -1.01. The van der Waals surface area contributed by atoms with E-state index in [4.69, 9.17) is 26.9 Å². The first-order valence-corrected chi connectivity index (χ1v) is 12.2. The number of hydrogen-bond donors (Lipinski definition) is 1. The van der Waals surface area contributed by atoms with E-state index in [1.807, 2.05) is 0 Å². The molecule has 0 saturated heterocycles. The first kappa shape index (κ1) is 29.2. The Hall–Kier alpha value is -4.39. The van der Waals surface area contributed by atoms with Gasteiger partial charge in [0.25, 0.3) is 0 Å². The standard InChI is InChI=1S/C25H28ClFN6O6/c1-5-38-22(34)20(30-37-4)14-32-24(35)31(13-16-6-8-17(26)9-7-16)23(33(28)25(32)36)29-18-10-11-21(19(27)12-18)39-15(2)3/h6-12,15H,5,13-14,28H2,1-4H3/b29-23-,30-20+. The number of nitrogen functional groups attached to an aromatic ring is 1. The largest absolute Gasteiger partial charge is 0.488 e. The number of rotatable bonds is 10. The molecule has 0 radical (unpaired) electrons. The van der Waals surface area contributed by atoms with E-state index in [1.54, 1.807) is 45.0 Å². The minimum Gasteiger partial charge on any atom is -0.488 e. The average Bonchev–Trinajstić information content (AvgIpc) is 2.89. The van der Waals surface area contributed by atoms with Crippen LogP contribution in [0, 0.1) is 5.82 Å². The van der Waals surface area contributed by atoms with Gasteiger partial charge in [-0.2, -0.15) is 4.68 Å². The van der Waals surface area contributed by atoms with Crippen molar-refractivity contribution in [1.82, 2.24) is 13.8 Å². The molecule has 0 atom stereocenters. The highest BCUT2D eigenvalue weighted by atomic mass is 35.5. The molecule has 3 rings (SSSR count). The zero-order valence-electron chi connectivity index (χ0n) is 21.8. The summed E-state index contributed by atoms with van der Waals surface area (Å²) in [7, 11) is 1.20. The summed E-state index contributed by atoms with van der Waals surface area (Å²) in [4.78, 5) is 48.1. The van der Waals surface area contributed by atoms with Gasteiger partial charge in [-0.15, -0.1) is 0 Å². The summed E-state index contributed by atoms with van der Waals surface area (Å²) in [5, 5.41) is 4.07. The molecule has 14 heteroatoms. The third kappa shape index (κ3) is 7.13. The third-order valence-electron chi connectivity index (χ3n) is 5.14. The Balaban J connectivity index is 2.24. The van der Waals surface area contributed by atoms with Crippen molar-refractivity contribution >= 4 is 29.0 Å². The van der Waals surface area contributed by atoms with Crippen molar-refractivity contribution < 1.29 is 23.5 Å². The highest BCUT2D eigenvalue weighted by Crippen LogP contribution is 2.23. The molecule has 0 amide bonds. The van der Waals surface area contributed by atoms with Crippen LogP contribution in [0.3, 0.4) is 0 Å². The lowest BCUT2D eigenvalue weighted by molar-refractivity contribution is -0.135. The molecule has 0 bridgehead atoms. The topological polar surface area (TPSA) is 144 Å². The molecule has 0 spiro atoms. The van der Waals surface area contributed by atoms with Crippen LogP contribution in [-0.4, -0.2) is 45.3 Å². The van der Waals surface area contributed by atoms with Gasteiger partial charge in [0, 0.05) is 11.1 Å². The monoisotopic (exact) mass is 562 g/mol.